The molecule has 8 nitrogen and oxygen atoms in total. The van der Waals surface area contributed by atoms with Crippen LogP contribution in [0, 0.1) is 0 Å². The Balaban J connectivity index is 0.00000432. The number of nitrogens with zero attached hydrogens (tertiary/aromatic N) is 2. The zero-order chi connectivity index (χ0) is 24.6. The zero-order valence-corrected chi connectivity index (χ0v) is 22.9. The largest absolute Gasteiger partial charge is 1.00 e. The average molecular weight is 612 g/mol. The Morgan fingerprint density at radius 2 is 1.60 bits per heavy atom. The number of pyridine rings is 1. The van der Waals surface area contributed by atoms with E-state index in [0.29, 0.717) is 16.8 Å². The first kappa shape index (κ1) is 28.7. The maximum Gasteiger partial charge on any atom is 0.307 e. The molecule has 0 amide bonds. The van der Waals surface area contributed by atoms with Gasteiger partial charge in [0.1, 0.15) is 17.3 Å². The highest BCUT2D eigenvalue weighted by molar-refractivity contribution is 7.89. The van der Waals surface area contributed by atoms with Crippen molar-refractivity contribution in [2.75, 3.05) is 27.7 Å². The third-order valence-electron chi connectivity index (χ3n) is 4.73. The third-order valence-corrected chi connectivity index (χ3v) is 6.24. The molecule has 1 aromatic heterocycles. The van der Waals surface area contributed by atoms with Crippen molar-refractivity contribution < 1.29 is 51.1 Å². The van der Waals surface area contributed by atoms with Gasteiger partial charge in [0.15, 0.2) is 0 Å². The van der Waals surface area contributed by atoms with Gasteiger partial charge >= 0.3 is 5.97 Å². The lowest BCUT2D eigenvalue weighted by molar-refractivity contribution is -0.871. The van der Waals surface area contributed by atoms with E-state index in [1.807, 2.05) is 69.7 Å². The highest BCUT2D eigenvalue weighted by atomic mass is 127. The molecule has 0 aliphatic rings. The number of rotatable bonds is 11. The molecule has 10 heteroatoms. The van der Waals surface area contributed by atoms with Gasteiger partial charge in [-0.05, 0) is 23.8 Å². The number of hydrogen-bond donors (Lipinski definition) is 1. The highest BCUT2D eigenvalue weighted by Crippen LogP contribution is 2.20. The second-order valence-corrected chi connectivity index (χ2v) is 10.6. The SMILES string of the molecule is C[N+](C)(C)CC(CC(=O)OCc1ccccc1)NS(=O)(=O)c1ccc(Oc2ccccc2)nc1.[I-]. The van der Waals surface area contributed by atoms with Crippen LogP contribution in [0.25, 0.3) is 0 Å². The maximum atomic E-state index is 13.0. The number of para-hydroxylation sites is 1. The molecule has 2 aromatic carbocycles. The van der Waals surface area contributed by atoms with Gasteiger partial charge in [-0.3, -0.25) is 4.79 Å². The van der Waals surface area contributed by atoms with E-state index in [1.54, 1.807) is 12.1 Å². The minimum Gasteiger partial charge on any atom is -1.00 e. The van der Waals surface area contributed by atoms with E-state index in [9.17, 15) is 13.2 Å². The van der Waals surface area contributed by atoms with Gasteiger partial charge in [0.2, 0.25) is 15.9 Å². The number of sulfonamides is 1. The van der Waals surface area contributed by atoms with Crippen molar-refractivity contribution in [1.29, 1.82) is 0 Å². The molecule has 0 fully saturated rings. The molecular weight excluding hydrogens is 581 g/mol. The van der Waals surface area contributed by atoms with E-state index in [-0.39, 0.29) is 47.8 Å². The van der Waals surface area contributed by atoms with Crippen LogP contribution in [0.2, 0.25) is 0 Å². The fraction of sp³-hybridized carbons (Fsp3) is 0.280. The van der Waals surface area contributed by atoms with E-state index in [1.165, 1.54) is 18.3 Å². The number of esters is 1. The Bertz CT molecular complexity index is 1170. The van der Waals surface area contributed by atoms with Crippen molar-refractivity contribution in [3.63, 3.8) is 0 Å². The average Bonchev–Trinajstić information content (AvgIpc) is 2.78. The molecule has 1 unspecified atom stereocenters. The second kappa shape index (κ2) is 13.0. The van der Waals surface area contributed by atoms with E-state index in [2.05, 4.69) is 9.71 Å². The molecule has 0 bridgehead atoms. The van der Waals surface area contributed by atoms with Crippen LogP contribution in [-0.2, 0) is 26.2 Å². The molecule has 1 atom stereocenters. The molecule has 0 radical (unpaired) electrons. The van der Waals surface area contributed by atoms with Gasteiger partial charge in [-0.15, -0.1) is 0 Å². The summed E-state index contributed by atoms with van der Waals surface area (Å²) in [6, 6.07) is 20.7. The van der Waals surface area contributed by atoms with Gasteiger partial charge in [0.25, 0.3) is 0 Å². The molecule has 0 saturated carbocycles. The number of quaternary nitrogens is 1. The number of hydrogen-bond acceptors (Lipinski definition) is 6. The van der Waals surface area contributed by atoms with Crippen molar-refractivity contribution in [3.8, 4) is 11.6 Å². The molecule has 0 spiro atoms. The summed E-state index contributed by atoms with van der Waals surface area (Å²) in [5, 5.41) is 0. The van der Waals surface area contributed by atoms with Crippen LogP contribution in [0.15, 0.2) is 83.9 Å². The van der Waals surface area contributed by atoms with E-state index in [4.69, 9.17) is 9.47 Å². The minimum atomic E-state index is -3.92. The van der Waals surface area contributed by atoms with Gasteiger partial charge in [-0.1, -0.05) is 48.5 Å². The van der Waals surface area contributed by atoms with Gasteiger partial charge in [-0.25, -0.2) is 18.1 Å². The summed E-state index contributed by atoms with van der Waals surface area (Å²) >= 11 is 0. The number of likely N-dealkylation sites (N-methyl/N-ethyl adjacent to an activating group) is 1. The molecule has 0 aliphatic carbocycles. The van der Waals surface area contributed by atoms with E-state index >= 15 is 0 Å². The number of benzene rings is 2. The Morgan fingerprint density at radius 3 is 2.17 bits per heavy atom. The summed E-state index contributed by atoms with van der Waals surface area (Å²) in [5.41, 5.74) is 0.864. The van der Waals surface area contributed by atoms with Crippen molar-refractivity contribution in [1.82, 2.24) is 9.71 Å². The molecule has 1 N–H and O–H groups in total. The van der Waals surface area contributed by atoms with Crippen molar-refractivity contribution in [2.24, 2.45) is 0 Å². The van der Waals surface area contributed by atoms with Crippen molar-refractivity contribution in [2.45, 2.75) is 24.0 Å². The minimum absolute atomic E-state index is 0. The fourth-order valence-electron chi connectivity index (χ4n) is 3.29. The van der Waals surface area contributed by atoms with Crippen LogP contribution < -0.4 is 33.4 Å². The highest BCUT2D eigenvalue weighted by Gasteiger charge is 2.28. The molecular formula is C25H30IN3O5S. The summed E-state index contributed by atoms with van der Waals surface area (Å²) in [5.74, 6) is 0.396. The summed E-state index contributed by atoms with van der Waals surface area (Å²) in [6.45, 7) is 0.526. The zero-order valence-electron chi connectivity index (χ0n) is 19.9. The molecule has 35 heavy (non-hydrogen) atoms. The van der Waals surface area contributed by atoms with Gasteiger partial charge < -0.3 is 37.9 Å². The van der Waals surface area contributed by atoms with Crippen LogP contribution in [0.5, 0.6) is 11.6 Å². The first-order valence-electron chi connectivity index (χ1n) is 10.8. The number of carbonyl (C=O) groups excluding carboxylic acids is 1. The Morgan fingerprint density at radius 1 is 0.971 bits per heavy atom. The monoisotopic (exact) mass is 611 g/mol. The smallest absolute Gasteiger partial charge is 0.307 e. The van der Waals surface area contributed by atoms with E-state index in [0.717, 1.165) is 5.56 Å². The number of nitrogens with one attached hydrogen (secondary N) is 1. The predicted molar refractivity (Wildman–Crippen MR) is 129 cm³/mol. The lowest BCUT2D eigenvalue weighted by atomic mass is 10.2. The molecule has 0 saturated heterocycles. The Kier molecular flexibility index (Phi) is 10.6. The lowest BCUT2D eigenvalue weighted by Crippen LogP contribution is -3.00. The molecule has 188 valence electrons. The standard InChI is InChI=1S/C25H30N3O5S.HI/c1-28(2,3)18-21(16-25(29)32-19-20-10-6-4-7-11-20)27-34(30,31)23-14-15-24(26-17-23)33-22-12-8-5-9-13-22;/h4-15,17,21,27H,16,18-19H2,1-3H3;1H/q+1;/p-1. The van der Waals surface area contributed by atoms with Gasteiger partial charge in [0.05, 0.1) is 46.3 Å². The topological polar surface area (TPSA) is 94.6 Å². The summed E-state index contributed by atoms with van der Waals surface area (Å²) < 4.78 is 40.1. The third kappa shape index (κ3) is 9.92. The Labute approximate surface area is 223 Å². The first-order valence-corrected chi connectivity index (χ1v) is 12.3. The predicted octanol–water partition coefficient (Wildman–Crippen LogP) is 0.365. The summed E-state index contributed by atoms with van der Waals surface area (Å²) in [6.07, 6.45) is 1.14. The molecule has 0 aliphatic heterocycles. The lowest BCUT2D eigenvalue weighted by Gasteiger charge is -2.29. The molecule has 3 aromatic rings. The first-order chi connectivity index (χ1) is 16.1. The van der Waals surface area contributed by atoms with Gasteiger partial charge in [0, 0.05) is 6.07 Å². The molecule has 3 rings (SSSR count). The van der Waals surface area contributed by atoms with Crippen LogP contribution in [0.4, 0.5) is 0 Å². The Hall–Kier alpha value is -2.54. The number of halogens is 1. The van der Waals surface area contributed by atoms with Crippen molar-refractivity contribution in [3.05, 3.63) is 84.6 Å². The maximum absolute atomic E-state index is 13.0. The number of carbonyl (C=O) groups is 1. The van der Waals surface area contributed by atoms with Crippen LogP contribution in [0.3, 0.4) is 0 Å². The van der Waals surface area contributed by atoms with Crippen molar-refractivity contribution >= 4 is 16.0 Å². The fourth-order valence-corrected chi connectivity index (χ4v) is 4.46. The second-order valence-electron chi connectivity index (χ2n) is 8.89. The summed E-state index contributed by atoms with van der Waals surface area (Å²) in [7, 11) is 1.85. The van der Waals surface area contributed by atoms with Crippen LogP contribution in [0.1, 0.15) is 12.0 Å². The normalized spacial score (nSPS) is 12.3. The van der Waals surface area contributed by atoms with Crippen LogP contribution in [-0.4, -0.2) is 57.6 Å². The quantitative estimate of drug-likeness (QED) is 0.191. The number of ether oxygens (including phenoxy) is 2. The van der Waals surface area contributed by atoms with Crippen LogP contribution >= 0.6 is 0 Å². The summed E-state index contributed by atoms with van der Waals surface area (Å²) in [4.78, 5) is 16.6. The van der Waals surface area contributed by atoms with E-state index < -0.39 is 22.0 Å². The van der Waals surface area contributed by atoms with Gasteiger partial charge in [-0.2, -0.15) is 0 Å². The molecule has 1 heterocycles. The number of aromatic nitrogens is 1.